The van der Waals surface area contributed by atoms with Gasteiger partial charge < -0.3 is 9.72 Å². The van der Waals surface area contributed by atoms with Gasteiger partial charge in [0, 0.05) is 23.5 Å². The van der Waals surface area contributed by atoms with Crippen LogP contribution in [0, 0.1) is 0 Å². The van der Waals surface area contributed by atoms with Gasteiger partial charge in [-0.15, -0.1) is 0 Å². The third-order valence-electron chi connectivity index (χ3n) is 4.31. The van der Waals surface area contributed by atoms with Crippen LogP contribution < -0.4 is 15.0 Å². The number of hydrogen-bond acceptors (Lipinski definition) is 4. The number of sulfonamides is 1. The quantitative estimate of drug-likeness (QED) is 0.634. The summed E-state index contributed by atoms with van der Waals surface area (Å²) in [5, 5.41) is -0.398. The van der Waals surface area contributed by atoms with Gasteiger partial charge in [-0.2, -0.15) is 13.2 Å². The normalized spacial score (nSPS) is 12.3. The summed E-state index contributed by atoms with van der Waals surface area (Å²) in [6.07, 6.45) is -4.47. The number of benzene rings is 2. The molecule has 3 aromatic rings. The van der Waals surface area contributed by atoms with Gasteiger partial charge in [0.05, 0.1) is 17.6 Å². The monoisotopic (exact) mass is 426 g/mol. The van der Waals surface area contributed by atoms with Crippen molar-refractivity contribution in [3.63, 3.8) is 0 Å². The minimum atomic E-state index is -4.80. The Hall–Kier alpha value is -2.85. The highest BCUT2D eigenvalue weighted by Crippen LogP contribution is 2.34. The molecule has 0 aliphatic heterocycles. The second-order valence-corrected chi connectivity index (χ2v) is 7.98. The maximum atomic E-state index is 13.3. The van der Waals surface area contributed by atoms with E-state index in [0.717, 1.165) is 23.8 Å². The van der Waals surface area contributed by atoms with Crippen molar-refractivity contribution in [2.75, 3.05) is 13.7 Å². The molecule has 0 radical (unpaired) electrons. The van der Waals surface area contributed by atoms with Gasteiger partial charge in [0.1, 0.15) is 5.75 Å². The van der Waals surface area contributed by atoms with Gasteiger partial charge in [0.2, 0.25) is 15.6 Å². The smallest absolute Gasteiger partial charge is 0.417 e. The van der Waals surface area contributed by atoms with Gasteiger partial charge in [-0.25, -0.2) is 13.1 Å². The molecule has 0 atom stereocenters. The zero-order chi connectivity index (χ0) is 21.2. The van der Waals surface area contributed by atoms with Gasteiger partial charge in [0.25, 0.3) is 0 Å². The molecule has 2 N–H and O–H groups in total. The van der Waals surface area contributed by atoms with E-state index in [4.69, 9.17) is 4.74 Å². The van der Waals surface area contributed by atoms with E-state index in [-0.39, 0.29) is 17.0 Å². The van der Waals surface area contributed by atoms with Gasteiger partial charge in [-0.05, 0) is 36.2 Å². The van der Waals surface area contributed by atoms with Crippen LogP contribution in [0.4, 0.5) is 13.2 Å². The summed E-state index contributed by atoms with van der Waals surface area (Å²) >= 11 is 0. The molecule has 0 unspecified atom stereocenters. The summed E-state index contributed by atoms with van der Waals surface area (Å²) in [6.45, 7) is 0.0263. The maximum Gasteiger partial charge on any atom is 0.417 e. The first-order chi connectivity index (χ1) is 13.6. The van der Waals surface area contributed by atoms with Crippen LogP contribution in [0.1, 0.15) is 11.1 Å². The van der Waals surface area contributed by atoms with Crippen molar-refractivity contribution in [2.45, 2.75) is 17.5 Å². The summed E-state index contributed by atoms with van der Waals surface area (Å²) in [7, 11) is -2.56. The Morgan fingerprint density at radius 3 is 2.52 bits per heavy atom. The minimum absolute atomic E-state index is 0.0263. The van der Waals surface area contributed by atoms with E-state index in [1.54, 1.807) is 24.3 Å². The van der Waals surface area contributed by atoms with Crippen LogP contribution in [0.2, 0.25) is 0 Å². The molecule has 0 spiro atoms. The lowest BCUT2D eigenvalue weighted by Gasteiger charge is -2.12. The zero-order valence-corrected chi connectivity index (χ0v) is 16.0. The van der Waals surface area contributed by atoms with E-state index < -0.39 is 32.7 Å². The van der Waals surface area contributed by atoms with Crippen molar-refractivity contribution in [3.8, 4) is 5.75 Å². The van der Waals surface area contributed by atoms with Crippen molar-refractivity contribution < 1.29 is 26.3 Å². The number of alkyl halides is 3. The number of ether oxygens (including phenoxy) is 1. The summed E-state index contributed by atoms with van der Waals surface area (Å²) in [5.41, 5.74) is -1.43. The molecule has 29 heavy (non-hydrogen) atoms. The molecule has 1 aromatic heterocycles. The van der Waals surface area contributed by atoms with Crippen molar-refractivity contribution in [3.05, 3.63) is 70.0 Å². The summed E-state index contributed by atoms with van der Waals surface area (Å²) < 4.78 is 72.5. The molecular weight excluding hydrogens is 409 g/mol. The van der Waals surface area contributed by atoms with E-state index in [1.807, 2.05) is 0 Å². The van der Waals surface area contributed by atoms with E-state index in [1.165, 1.54) is 7.11 Å². The molecule has 0 saturated heterocycles. The topological polar surface area (TPSA) is 88.3 Å². The predicted molar refractivity (Wildman–Crippen MR) is 101 cm³/mol. The molecule has 3 rings (SSSR count). The zero-order valence-electron chi connectivity index (χ0n) is 15.2. The largest absolute Gasteiger partial charge is 0.496 e. The SMILES string of the molecule is COc1ccccc1CCNS(=O)(=O)c1ccc2[nH]c(=O)cc(C(F)(F)F)c2c1. The fraction of sp³-hybridized carbons (Fsp3) is 0.211. The highest BCUT2D eigenvalue weighted by atomic mass is 32.2. The number of aromatic nitrogens is 1. The number of aromatic amines is 1. The van der Waals surface area contributed by atoms with E-state index >= 15 is 0 Å². The van der Waals surface area contributed by atoms with Crippen LogP contribution >= 0.6 is 0 Å². The van der Waals surface area contributed by atoms with E-state index in [0.29, 0.717) is 18.2 Å². The Kier molecular flexibility index (Phi) is 5.67. The van der Waals surface area contributed by atoms with Crippen LogP contribution in [0.5, 0.6) is 5.75 Å². The number of nitrogens with one attached hydrogen (secondary N) is 2. The Balaban J connectivity index is 1.89. The molecule has 10 heteroatoms. The number of halogens is 3. The molecule has 154 valence electrons. The molecule has 0 aliphatic carbocycles. The fourth-order valence-electron chi connectivity index (χ4n) is 2.95. The summed E-state index contributed by atoms with van der Waals surface area (Å²) in [5.74, 6) is 0.608. The number of pyridine rings is 1. The minimum Gasteiger partial charge on any atom is -0.496 e. The van der Waals surface area contributed by atoms with Crippen molar-refractivity contribution >= 4 is 20.9 Å². The van der Waals surface area contributed by atoms with Gasteiger partial charge in [-0.3, -0.25) is 4.79 Å². The molecule has 6 nitrogen and oxygen atoms in total. The average Bonchev–Trinajstić information content (AvgIpc) is 2.66. The van der Waals surface area contributed by atoms with Crippen LogP contribution in [0.25, 0.3) is 10.9 Å². The number of H-pyrrole nitrogens is 1. The Morgan fingerprint density at radius 1 is 1.10 bits per heavy atom. The predicted octanol–water partition coefficient (Wildman–Crippen LogP) is 3.08. The number of para-hydroxylation sites is 1. The van der Waals surface area contributed by atoms with Crippen LogP contribution in [0.15, 0.2) is 58.2 Å². The third-order valence-corrected chi connectivity index (χ3v) is 5.77. The second kappa shape index (κ2) is 7.88. The number of rotatable bonds is 6. The Morgan fingerprint density at radius 2 is 1.83 bits per heavy atom. The number of fused-ring (bicyclic) bond motifs is 1. The van der Waals surface area contributed by atoms with Crippen LogP contribution in [0.3, 0.4) is 0 Å². The highest BCUT2D eigenvalue weighted by Gasteiger charge is 2.33. The number of methoxy groups -OCH3 is 1. The first-order valence-corrected chi connectivity index (χ1v) is 9.96. The van der Waals surface area contributed by atoms with Crippen molar-refractivity contribution in [2.24, 2.45) is 0 Å². The molecule has 0 saturated carbocycles. The Labute approximate surface area is 164 Å². The summed E-state index contributed by atoms with van der Waals surface area (Å²) in [6, 6.07) is 10.7. The van der Waals surface area contributed by atoms with Crippen molar-refractivity contribution in [1.82, 2.24) is 9.71 Å². The average molecular weight is 426 g/mol. The maximum absolute atomic E-state index is 13.3. The van der Waals surface area contributed by atoms with E-state index in [9.17, 15) is 26.4 Å². The lowest BCUT2D eigenvalue weighted by atomic mass is 10.1. The molecule has 2 aromatic carbocycles. The molecule has 0 aliphatic rings. The summed E-state index contributed by atoms with van der Waals surface area (Å²) in [4.78, 5) is 13.4. The van der Waals surface area contributed by atoms with Crippen molar-refractivity contribution in [1.29, 1.82) is 0 Å². The first kappa shape index (κ1) is 20.9. The van der Waals surface area contributed by atoms with E-state index in [2.05, 4.69) is 9.71 Å². The second-order valence-electron chi connectivity index (χ2n) is 6.21. The van der Waals surface area contributed by atoms with Gasteiger partial charge in [0.15, 0.2) is 0 Å². The van der Waals surface area contributed by atoms with Crippen LogP contribution in [-0.4, -0.2) is 27.1 Å². The molecular formula is C19H17F3N2O4S. The standard InChI is InChI=1S/C19H17F3N2O4S/c1-28-17-5-3-2-4-12(17)8-9-23-29(26,27)13-6-7-16-14(10-13)15(19(20,21)22)11-18(25)24-16/h2-7,10-11,23H,8-9H2,1H3,(H,24,25). The molecule has 0 fully saturated rings. The molecule has 0 amide bonds. The van der Waals surface area contributed by atoms with Crippen LogP contribution in [-0.2, 0) is 22.6 Å². The molecule has 0 bridgehead atoms. The lowest BCUT2D eigenvalue weighted by molar-refractivity contribution is -0.136. The fourth-order valence-corrected chi connectivity index (χ4v) is 4.01. The third kappa shape index (κ3) is 4.60. The lowest BCUT2D eigenvalue weighted by Crippen LogP contribution is -2.26. The number of hydrogen-bond donors (Lipinski definition) is 2. The first-order valence-electron chi connectivity index (χ1n) is 8.47. The Bertz CT molecular complexity index is 1200. The molecule has 1 heterocycles. The van der Waals surface area contributed by atoms with Gasteiger partial charge in [-0.1, -0.05) is 18.2 Å². The highest BCUT2D eigenvalue weighted by molar-refractivity contribution is 7.89. The van der Waals surface area contributed by atoms with Gasteiger partial charge >= 0.3 is 6.18 Å².